The second-order valence-electron chi connectivity index (χ2n) is 2.37. The normalized spacial score (nSPS) is 9.62. The van der Waals surface area contributed by atoms with Crippen LogP contribution in [0.25, 0.3) is 0 Å². The van der Waals surface area contributed by atoms with E-state index in [4.69, 9.17) is 0 Å². The van der Waals surface area contributed by atoms with E-state index in [-0.39, 0.29) is 17.2 Å². The highest BCUT2D eigenvalue weighted by Crippen LogP contribution is 1.89. The van der Waals surface area contributed by atoms with Gasteiger partial charge in [-0.15, -0.1) is 0 Å². The SMILES string of the molecule is O=C(NCCBr)c1cccc(=O)[nH]1. The van der Waals surface area contributed by atoms with E-state index in [0.717, 1.165) is 0 Å². The first-order valence-electron chi connectivity index (χ1n) is 3.77. The maximum atomic E-state index is 11.3. The Bertz CT molecular complexity index is 348. The number of H-pyrrole nitrogens is 1. The first-order chi connectivity index (χ1) is 6.24. The summed E-state index contributed by atoms with van der Waals surface area (Å²) in [5.41, 5.74) is 0.0138. The minimum Gasteiger partial charge on any atom is -0.350 e. The number of hydrogen-bond acceptors (Lipinski definition) is 2. The second kappa shape index (κ2) is 4.81. The van der Waals surface area contributed by atoms with Crippen LogP contribution in [-0.2, 0) is 0 Å². The predicted octanol–water partition coefficient (Wildman–Crippen LogP) is 0.500. The summed E-state index contributed by atoms with van der Waals surface area (Å²) in [6.07, 6.45) is 0. The number of carbonyl (C=O) groups is 1. The Morgan fingerprint density at radius 1 is 1.54 bits per heavy atom. The summed E-state index contributed by atoms with van der Waals surface area (Å²) in [6.45, 7) is 0.537. The molecule has 0 spiro atoms. The zero-order valence-corrected chi connectivity index (χ0v) is 8.43. The van der Waals surface area contributed by atoms with Crippen LogP contribution in [0.2, 0.25) is 0 Å². The molecule has 0 saturated heterocycles. The lowest BCUT2D eigenvalue weighted by Gasteiger charge is -2.01. The molecule has 2 N–H and O–H groups in total. The molecule has 0 fully saturated rings. The maximum absolute atomic E-state index is 11.3. The average Bonchev–Trinajstić information content (AvgIpc) is 2.14. The van der Waals surface area contributed by atoms with Crippen molar-refractivity contribution in [3.8, 4) is 0 Å². The molecule has 5 heteroatoms. The number of aromatic nitrogens is 1. The van der Waals surface area contributed by atoms with Crippen LogP contribution in [0.5, 0.6) is 0 Å². The predicted molar refractivity (Wildman–Crippen MR) is 53.2 cm³/mol. The number of pyridine rings is 1. The highest BCUT2D eigenvalue weighted by molar-refractivity contribution is 9.09. The molecular weight excluding hydrogens is 236 g/mol. The van der Waals surface area contributed by atoms with Crippen molar-refractivity contribution in [2.45, 2.75) is 0 Å². The van der Waals surface area contributed by atoms with Gasteiger partial charge >= 0.3 is 0 Å². The van der Waals surface area contributed by atoms with Gasteiger partial charge in [-0.3, -0.25) is 9.59 Å². The van der Waals surface area contributed by atoms with Gasteiger partial charge in [0.05, 0.1) is 0 Å². The minimum absolute atomic E-state index is 0.267. The number of halogens is 1. The van der Waals surface area contributed by atoms with E-state index in [1.54, 1.807) is 12.1 Å². The van der Waals surface area contributed by atoms with Gasteiger partial charge in [-0.25, -0.2) is 0 Å². The second-order valence-corrected chi connectivity index (χ2v) is 3.17. The molecule has 0 saturated carbocycles. The van der Waals surface area contributed by atoms with Crippen molar-refractivity contribution >= 4 is 21.8 Å². The van der Waals surface area contributed by atoms with Crippen molar-refractivity contribution < 1.29 is 4.79 Å². The first kappa shape index (κ1) is 9.98. The van der Waals surface area contributed by atoms with Gasteiger partial charge in [0.2, 0.25) is 5.56 Å². The van der Waals surface area contributed by atoms with E-state index in [2.05, 4.69) is 26.2 Å². The minimum atomic E-state index is -0.272. The van der Waals surface area contributed by atoms with E-state index in [1.165, 1.54) is 6.07 Å². The zero-order chi connectivity index (χ0) is 9.68. The van der Waals surface area contributed by atoms with Crippen LogP contribution in [0, 0.1) is 0 Å². The fourth-order valence-electron chi connectivity index (χ4n) is 0.836. The van der Waals surface area contributed by atoms with Crippen molar-refractivity contribution in [3.63, 3.8) is 0 Å². The molecule has 0 aliphatic carbocycles. The molecule has 70 valence electrons. The molecule has 0 radical (unpaired) electrons. The lowest BCUT2D eigenvalue weighted by atomic mass is 10.3. The van der Waals surface area contributed by atoms with E-state index in [9.17, 15) is 9.59 Å². The van der Waals surface area contributed by atoms with Gasteiger partial charge in [0.15, 0.2) is 0 Å². The molecule has 1 aromatic heterocycles. The molecular formula is C8H9BrN2O2. The number of aromatic amines is 1. The van der Waals surface area contributed by atoms with Gasteiger partial charge in [-0.1, -0.05) is 22.0 Å². The summed E-state index contributed by atoms with van der Waals surface area (Å²) in [5, 5.41) is 3.31. The molecule has 0 aromatic carbocycles. The van der Waals surface area contributed by atoms with E-state index >= 15 is 0 Å². The van der Waals surface area contributed by atoms with Crippen LogP contribution in [0.15, 0.2) is 23.0 Å². The fourth-order valence-corrected chi connectivity index (χ4v) is 1.03. The van der Waals surface area contributed by atoms with Crippen molar-refractivity contribution in [1.82, 2.24) is 10.3 Å². The maximum Gasteiger partial charge on any atom is 0.267 e. The Hall–Kier alpha value is -1.10. The third kappa shape index (κ3) is 3.02. The van der Waals surface area contributed by atoms with E-state index in [0.29, 0.717) is 11.9 Å². The lowest BCUT2D eigenvalue weighted by Crippen LogP contribution is -2.27. The van der Waals surface area contributed by atoms with Gasteiger partial charge in [-0.2, -0.15) is 0 Å². The quantitative estimate of drug-likeness (QED) is 0.761. The molecule has 1 rings (SSSR count). The number of alkyl halides is 1. The van der Waals surface area contributed by atoms with Crippen LogP contribution in [0.3, 0.4) is 0 Å². The summed E-state index contributed by atoms with van der Waals surface area (Å²) in [7, 11) is 0. The van der Waals surface area contributed by atoms with Gasteiger partial charge < -0.3 is 10.3 Å². The number of amides is 1. The number of hydrogen-bond donors (Lipinski definition) is 2. The van der Waals surface area contributed by atoms with Crippen molar-refractivity contribution in [1.29, 1.82) is 0 Å². The summed E-state index contributed by atoms with van der Waals surface area (Å²) < 4.78 is 0. The number of carbonyl (C=O) groups excluding carboxylic acids is 1. The van der Waals surface area contributed by atoms with E-state index < -0.39 is 0 Å². The summed E-state index contributed by atoms with van der Waals surface area (Å²) in [4.78, 5) is 24.5. The molecule has 4 nitrogen and oxygen atoms in total. The van der Waals surface area contributed by atoms with Gasteiger partial charge in [0, 0.05) is 17.9 Å². The summed E-state index contributed by atoms with van der Waals surface area (Å²) in [5.74, 6) is -0.267. The Morgan fingerprint density at radius 2 is 2.31 bits per heavy atom. The third-order valence-electron chi connectivity index (χ3n) is 1.39. The van der Waals surface area contributed by atoms with Gasteiger partial charge in [0.1, 0.15) is 5.69 Å². The summed E-state index contributed by atoms with van der Waals surface area (Å²) in [6, 6.07) is 4.47. The van der Waals surface area contributed by atoms with Crippen LogP contribution >= 0.6 is 15.9 Å². The standard InChI is InChI=1S/C8H9BrN2O2/c9-4-5-10-8(13)6-2-1-3-7(12)11-6/h1-3H,4-5H2,(H,10,13)(H,11,12). The fraction of sp³-hybridized carbons (Fsp3) is 0.250. The Balaban J connectivity index is 2.71. The number of rotatable bonds is 3. The van der Waals surface area contributed by atoms with Gasteiger partial charge in [-0.05, 0) is 6.07 Å². The summed E-state index contributed by atoms with van der Waals surface area (Å²) >= 11 is 3.18. The molecule has 0 unspecified atom stereocenters. The van der Waals surface area contributed by atoms with E-state index in [1.807, 2.05) is 0 Å². The van der Waals surface area contributed by atoms with Gasteiger partial charge in [0.25, 0.3) is 5.91 Å². The smallest absolute Gasteiger partial charge is 0.267 e. The lowest BCUT2D eigenvalue weighted by molar-refractivity contribution is 0.0951. The highest BCUT2D eigenvalue weighted by atomic mass is 79.9. The van der Waals surface area contributed by atoms with Crippen molar-refractivity contribution in [2.24, 2.45) is 0 Å². The highest BCUT2D eigenvalue weighted by Gasteiger charge is 2.03. The van der Waals surface area contributed by atoms with Crippen molar-refractivity contribution in [2.75, 3.05) is 11.9 Å². The molecule has 1 heterocycles. The first-order valence-corrected chi connectivity index (χ1v) is 4.89. The largest absolute Gasteiger partial charge is 0.350 e. The van der Waals surface area contributed by atoms with Crippen LogP contribution in [0.4, 0.5) is 0 Å². The zero-order valence-electron chi connectivity index (χ0n) is 6.84. The third-order valence-corrected chi connectivity index (χ3v) is 1.79. The molecule has 0 aliphatic heterocycles. The number of nitrogens with one attached hydrogen (secondary N) is 2. The van der Waals surface area contributed by atoms with Crippen LogP contribution < -0.4 is 10.9 Å². The average molecular weight is 245 g/mol. The van der Waals surface area contributed by atoms with Crippen LogP contribution in [-0.4, -0.2) is 22.8 Å². The Labute approximate surface area is 83.5 Å². The molecule has 1 amide bonds. The molecule has 13 heavy (non-hydrogen) atoms. The Morgan fingerprint density at radius 3 is 2.92 bits per heavy atom. The monoisotopic (exact) mass is 244 g/mol. The molecule has 0 atom stereocenters. The van der Waals surface area contributed by atoms with Crippen LogP contribution in [0.1, 0.15) is 10.5 Å². The molecule has 1 aromatic rings. The molecule has 0 bridgehead atoms. The topological polar surface area (TPSA) is 62.0 Å². The van der Waals surface area contributed by atoms with Crippen molar-refractivity contribution in [3.05, 3.63) is 34.2 Å². The Kier molecular flexibility index (Phi) is 3.70. The molecule has 0 aliphatic rings.